The Balaban J connectivity index is 0.000000178. The van der Waals surface area contributed by atoms with Crippen molar-refractivity contribution in [2.45, 2.75) is 40.0 Å². The Morgan fingerprint density at radius 2 is 1.41 bits per heavy atom. The van der Waals surface area contributed by atoms with E-state index in [1.807, 2.05) is 92.7 Å². The number of phenolic OH excluding ortho intramolecular Hbond substituents is 2. The van der Waals surface area contributed by atoms with Crippen molar-refractivity contribution in [3.05, 3.63) is 239 Å². The van der Waals surface area contributed by atoms with E-state index >= 15 is 0 Å². The van der Waals surface area contributed by atoms with Crippen LogP contribution in [0.1, 0.15) is 61.3 Å². The van der Waals surface area contributed by atoms with Crippen molar-refractivity contribution in [3.63, 3.8) is 0 Å². The summed E-state index contributed by atoms with van der Waals surface area (Å²) in [6, 6.07) is 40.3. The lowest BCUT2D eigenvalue weighted by molar-refractivity contribution is -0.349. The number of furan rings is 1. The number of carbonyl (C=O) groups is 5. The highest BCUT2D eigenvalue weighted by molar-refractivity contribution is 9.11. The molecule has 2 saturated heterocycles. The molecule has 88 heavy (non-hydrogen) atoms. The molecule has 7 aromatic rings. The molecule has 0 atom stereocenters. The van der Waals surface area contributed by atoms with E-state index in [0.717, 1.165) is 41.7 Å². The number of benzene rings is 5. The SMILES string of the molecule is C=[N+]([O-])c1cccc(/C=C/C=Nc2cc(C(C)(C)C)ccc2O)c1.CC(=C\c1ccccc1)/C=C1/NC(=S)NC1=O.Cc1ccc(N2C(=O)C=CC2=O)cc1.O=C1NC(=S)NC(=O)C1=Cc1ccco1.Oc1c(Br)cc(Br)cc1C=Nc1ccc(Br)cn1. The quantitative estimate of drug-likeness (QED) is 0.0109. The molecule has 0 radical (unpaired) electrons. The summed E-state index contributed by atoms with van der Waals surface area (Å²) in [4.78, 5) is 70.5. The predicted octanol–water partition coefficient (Wildman–Crippen LogP) is 13.4. The van der Waals surface area contributed by atoms with Gasteiger partial charge in [0.05, 0.1) is 16.4 Å². The number of pyridine rings is 1. The number of allylic oxidation sites excluding steroid dienone is 3. The molecule has 18 nitrogen and oxygen atoms in total. The molecule has 0 bridgehead atoms. The molecule has 448 valence electrons. The number of phenols is 2. The first-order valence-corrected chi connectivity index (χ1v) is 29.4. The molecule has 5 aromatic carbocycles. The third-order valence-corrected chi connectivity index (χ3v) is 13.8. The Labute approximate surface area is 543 Å². The summed E-state index contributed by atoms with van der Waals surface area (Å²) in [5.74, 6) is -0.488. The minimum atomic E-state index is -0.528. The number of hydrogen-bond acceptors (Lipinski definition) is 14. The van der Waals surface area contributed by atoms with Crippen LogP contribution in [0.5, 0.6) is 11.5 Å². The van der Waals surface area contributed by atoms with E-state index < -0.39 is 11.8 Å². The van der Waals surface area contributed by atoms with Crippen LogP contribution < -0.4 is 26.2 Å². The van der Waals surface area contributed by atoms with Crippen LogP contribution in [0.3, 0.4) is 0 Å². The largest absolute Gasteiger partial charge is 0.619 e. The van der Waals surface area contributed by atoms with Crippen molar-refractivity contribution >= 4 is 172 Å². The second kappa shape index (κ2) is 32.4. The molecular weight excluding hydrogens is 1350 g/mol. The smallest absolute Gasteiger partial charge is 0.273 e. The lowest BCUT2D eigenvalue weighted by atomic mass is 9.87. The van der Waals surface area contributed by atoms with E-state index in [1.54, 1.807) is 97.5 Å². The number of imide groups is 1. The number of thiocarbonyl (C=S) groups is 2. The van der Waals surface area contributed by atoms with Gasteiger partial charge in [0.25, 0.3) is 29.5 Å². The zero-order valence-electron chi connectivity index (χ0n) is 47.7. The number of carbonyl (C=O) groups excluding carboxylic acids is 5. The van der Waals surface area contributed by atoms with Crippen molar-refractivity contribution in [1.82, 2.24) is 26.3 Å². The van der Waals surface area contributed by atoms with E-state index in [-0.39, 0.29) is 45.3 Å². The van der Waals surface area contributed by atoms with Crippen molar-refractivity contribution in [3.8, 4) is 11.5 Å². The monoisotopic (exact) mass is 1410 g/mol. The fraction of sp³-hybridized carbons (Fsp3) is 0.0923. The van der Waals surface area contributed by atoms with Gasteiger partial charge in [0.2, 0.25) is 5.69 Å². The summed E-state index contributed by atoms with van der Waals surface area (Å²) in [5.41, 5.74) is 7.87. The Morgan fingerprint density at radius 3 is 2.01 bits per heavy atom. The Morgan fingerprint density at radius 1 is 0.750 bits per heavy atom. The number of halogens is 3. The molecule has 5 heterocycles. The molecule has 0 aliphatic carbocycles. The molecule has 6 N–H and O–H groups in total. The van der Waals surface area contributed by atoms with Gasteiger partial charge in [-0.05, 0) is 177 Å². The second-order valence-corrected chi connectivity index (χ2v) is 23.2. The van der Waals surface area contributed by atoms with Gasteiger partial charge >= 0.3 is 0 Å². The van der Waals surface area contributed by atoms with E-state index in [9.17, 15) is 39.4 Å². The number of aryl methyl sites for hydroxylation is 1. The lowest BCUT2D eigenvalue weighted by Gasteiger charge is -2.19. The molecule has 0 unspecified atom stereocenters. The summed E-state index contributed by atoms with van der Waals surface area (Å²) in [5, 5.41) is 41.3. The van der Waals surface area contributed by atoms with Gasteiger partial charge < -0.3 is 25.2 Å². The summed E-state index contributed by atoms with van der Waals surface area (Å²) >= 11 is 19.4. The predicted molar refractivity (Wildman–Crippen MR) is 364 cm³/mol. The van der Waals surface area contributed by atoms with Crippen LogP contribution in [0.15, 0.2) is 215 Å². The summed E-state index contributed by atoms with van der Waals surface area (Å²) in [7, 11) is 0. The molecule has 3 aliphatic heterocycles. The summed E-state index contributed by atoms with van der Waals surface area (Å²) in [6.07, 6.45) is 17.6. The van der Waals surface area contributed by atoms with Crippen molar-refractivity contribution in [2.24, 2.45) is 9.98 Å². The molecule has 0 saturated carbocycles. The fourth-order valence-electron chi connectivity index (χ4n) is 7.45. The van der Waals surface area contributed by atoms with E-state index in [0.29, 0.717) is 54.2 Å². The first-order chi connectivity index (χ1) is 41.8. The average Bonchev–Trinajstić information content (AvgIpc) is 4.40. The van der Waals surface area contributed by atoms with Gasteiger partial charge in [0.15, 0.2) is 16.0 Å². The Hall–Kier alpha value is -9.39. The van der Waals surface area contributed by atoms with Crippen LogP contribution in [0.4, 0.5) is 22.9 Å². The average molecular weight is 1410 g/mol. The normalized spacial score (nSPS) is 14.2. The maximum absolute atomic E-state index is 11.4. The van der Waals surface area contributed by atoms with Gasteiger partial charge in [0.1, 0.15) is 40.9 Å². The Bertz CT molecular complexity index is 3950. The van der Waals surface area contributed by atoms with Gasteiger partial charge in [-0.25, -0.2) is 14.9 Å². The number of amides is 5. The summed E-state index contributed by atoms with van der Waals surface area (Å²) in [6.45, 7) is 13.6. The van der Waals surface area contributed by atoms with Crippen LogP contribution >= 0.6 is 72.2 Å². The van der Waals surface area contributed by atoms with Gasteiger partial charge in [-0.2, -0.15) is 4.74 Å². The number of aromatic hydroxyl groups is 2. The molecular formula is C65H56Br3N9O9S2. The van der Waals surface area contributed by atoms with E-state index in [2.05, 4.69) is 124 Å². The Kier molecular flexibility index (Phi) is 24.9. The summed E-state index contributed by atoms with van der Waals surface area (Å²) < 4.78 is 7.93. The van der Waals surface area contributed by atoms with E-state index in [1.165, 1.54) is 24.5 Å². The highest BCUT2D eigenvalue weighted by Crippen LogP contribution is 2.33. The van der Waals surface area contributed by atoms with Crippen molar-refractivity contribution in [1.29, 1.82) is 0 Å². The minimum Gasteiger partial charge on any atom is -0.619 e. The maximum atomic E-state index is 11.4. The van der Waals surface area contributed by atoms with Crippen LogP contribution in [0.25, 0.3) is 18.2 Å². The third kappa shape index (κ3) is 21.2. The van der Waals surface area contributed by atoms with Crippen molar-refractivity contribution in [2.75, 3.05) is 4.90 Å². The maximum Gasteiger partial charge on any atom is 0.273 e. The second-order valence-electron chi connectivity index (χ2n) is 19.7. The van der Waals surface area contributed by atoms with E-state index in [4.69, 9.17) is 16.6 Å². The third-order valence-electron chi connectivity index (χ3n) is 11.9. The van der Waals surface area contributed by atoms with Crippen LogP contribution in [-0.2, 0) is 29.4 Å². The molecule has 2 fully saturated rings. The molecule has 3 aliphatic rings. The fourth-order valence-corrected chi connectivity index (χ4v) is 9.33. The number of nitrogens with zero attached hydrogens (tertiary/aromatic N) is 5. The zero-order chi connectivity index (χ0) is 64.1. The first-order valence-electron chi connectivity index (χ1n) is 26.2. The number of anilines is 1. The number of nitrogens with one attached hydrogen (secondary N) is 4. The first kappa shape index (κ1) is 67.7. The lowest BCUT2D eigenvalue weighted by Crippen LogP contribution is -2.51. The molecule has 5 amide bonds. The number of aliphatic imine (C=N–C) groups is 2. The number of rotatable bonds is 10. The van der Waals surface area contributed by atoms with Gasteiger partial charge in [-0.15, -0.1) is 0 Å². The minimum absolute atomic E-state index is 0.00730. The number of aromatic nitrogens is 1. The van der Waals surface area contributed by atoms with Gasteiger partial charge in [0, 0.05) is 57.4 Å². The topological polar surface area (TPSA) is 254 Å². The van der Waals surface area contributed by atoms with Crippen LogP contribution in [0, 0.1) is 12.1 Å². The standard InChI is InChI=1S/C20H22N2O2.C13H12N2OS.C12H7Br3N2O.C11H9NO2.C9H6N2O3S/c1-20(2,3)16-10-11-19(23)18(14-16)21-12-6-8-15-7-5-9-17(13-15)22(4)24;1-9(7-10-5-3-2-4-6-10)8-11-12(16)15-13(17)14-11;13-8-1-2-11(17-6-8)16-5-7-3-9(14)4-10(15)12(7)18;1-8-2-4-9(5-3-8)12-10(13)6-7-11(12)14;12-7-6(4-5-2-1-3-14-5)8(13)11-9(15)10-7/h5-14,23H,4H2,1-3H3;2-8H,1H3,(H2,14,15,16,17);1-6,18H;2-7H,1H3;1-4H,(H2,10,11,12,13,15)/b8-6+,21-12?;9-7+,11-8+;;;. The van der Waals surface area contributed by atoms with Crippen LogP contribution in [-0.4, -0.2) is 78.8 Å². The van der Waals surface area contributed by atoms with Gasteiger partial charge in [-0.3, -0.25) is 44.9 Å². The number of hydrogen-bond donors (Lipinski definition) is 6. The highest BCUT2D eigenvalue weighted by atomic mass is 79.9. The molecule has 10 rings (SSSR count). The van der Waals surface area contributed by atoms with Crippen molar-refractivity contribution < 1.29 is 43.3 Å². The van der Waals surface area contributed by atoms with Gasteiger partial charge in [-0.1, -0.05) is 115 Å². The molecule has 0 spiro atoms. The highest BCUT2D eigenvalue weighted by Gasteiger charge is 2.27. The zero-order valence-corrected chi connectivity index (χ0v) is 54.1. The molecule has 2 aromatic heterocycles. The van der Waals surface area contributed by atoms with Crippen LogP contribution in [0.2, 0.25) is 0 Å². The molecule has 23 heteroatoms.